The van der Waals surface area contributed by atoms with E-state index in [-0.39, 0.29) is 18.4 Å². The molecule has 1 N–H and O–H groups in total. The number of amides is 1. The van der Waals surface area contributed by atoms with Gasteiger partial charge in [0.05, 0.1) is 6.21 Å². The summed E-state index contributed by atoms with van der Waals surface area (Å²) < 4.78 is 4.47. The first-order chi connectivity index (χ1) is 3.79. The molecule has 0 saturated carbocycles. The Bertz CT molecular complexity index is 143. The zero-order valence-corrected chi connectivity index (χ0v) is 4.05. The van der Waals surface area contributed by atoms with Crippen LogP contribution in [0, 0.1) is 5.41 Å². The molecule has 1 heterocycles. The molecular weight excluding hydrogens is 108 g/mol. The third-order valence-electron chi connectivity index (χ3n) is 0.677. The van der Waals surface area contributed by atoms with E-state index >= 15 is 0 Å². The molecule has 0 atom stereocenters. The van der Waals surface area contributed by atoms with Gasteiger partial charge in [-0.2, -0.15) is 0 Å². The van der Waals surface area contributed by atoms with E-state index in [1.807, 2.05) is 0 Å². The summed E-state index contributed by atoms with van der Waals surface area (Å²) in [6.45, 7) is -0.0880. The molecule has 4 heteroatoms. The van der Waals surface area contributed by atoms with E-state index in [2.05, 4.69) is 9.73 Å². The predicted octanol–water partition coefficient (Wildman–Crippen LogP) is -0.409. The van der Waals surface area contributed by atoms with E-state index in [4.69, 9.17) is 5.41 Å². The molecule has 0 aliphatic carbocycles. The molecule has 1 rings (SSSR count). The van der Waals surface area contributed by atoms with Crippen LogP contribution in [0.1, 0.15) is 0 Å². The number of carbonyl (C=O) groups excluding carboxylic acids is 1. The number of nitrogens with zero attached hydrogens (tertiary/aromatic N) is 1. The molecule has 0 spiro atoms. The Morgan fingerprint density at radius 3 is 3.00 bits per heavy atom. The van der Waals surface area contributed by atoms with Crippen molar-refractivity contribution in [2.45, 2.75) is 0 Å². The molecule has 1 amide bonds. The summed E-state index contributed by atoms with van der Waals surface area (Å²) in [6, 6.07) is 0. The van der Waals surface area contributed by atoms with Crippen molar-refractivity contribution in [3.63, 3.8) is 0 Å². The lowest BCUT2D eigenvalue weighted by Crippen LogP contribution is -2.18. The predicted molar refractivity (Wildman–Crippen MR) is 27.2 cm³/mol. The van der Waals surface area contributed by atoms with E-state index in [1.54, 1.807) is 0 Å². The smallest absolute Gasteiger partial charge is 0.283 e. The summed E-state index contributed by atoms with van der Waals surface area (Å²) in [5.74, 6) is -0.384. The van der Waals surface area contributed by atoms with Crippen LogP contribution < -0.4 is 0 Å². The summed E-state index contributed by atoms with van der Waals surface area (Å²) in [5.41, 5.74) is 0. The highest BCUT2D eigenvalue weighted by Crippen LogP contribution is 1.86. The van der Waals surface area contributed by atoms with Crippen LogP contribution in [0.25, 0.3) is 0 Å². The van der Waals surface area contributed by atoms with Gasteiger partial charge in [0.25, 0.3) is 5.91 Å². The number of rotatable bonds is 0. The highest BCUT2D eigenvalue weighted by molar-refractivity contribution is 6.28. The van der Waals surface area contributed by atoms with Crippen molar-refractivity contribution < 1.29 is 9.53 Å². The summed E-state index contributed by atoms with van der Waals surface area (Å²) >= 11 is 0. The first-order valence-corrected chi connectivity index (χ1v) is 2.07. The monoisotopic (exact) mass is 112 g/mol. The second-order valence-corrected chi connectivity index (χ2v) is 1.30. The first-order valence-electron chi connectivity index (χ1n) is 2.07. The van der Waals surface area contributed by atoms with E-state index < -0.39 is 0 Å². The number of ether oxygens (including phenoxy) is 1. The average molecular weight is 112 g/mol. The lowest BCUT2D eigenvalue weighted by molar-refractivity contribution is -0.120. The maximum absolute atomic E-state index is 10.2. The van der Waals surface area contributed by atoms with Crippen molar-refractivity contribution in [1.29, 1.82) is 5.41 Å². The molecule has 0 aromatic rings. The molecule has 42 valence electrons. The van der Waals surface area contributed by atoms with Gasteiger partial charge in [-0.05, 0) is 0 Å². The van der Waals surface area contributed by atoms with Gasteiger partial charge in [0.15, 0.2) is 6.61 Å². The number of carbonyl (C=O) groups is 1. The van der Waals surface area contributed by atoms with Gasteiger partial charge in [-0.15, -0.1) is 0 Å². The summed E-state index contributed by atoms with van der Waals surface area (Å²) in [5, 5.41) is 6.75. The first kappa shape index (κ1) is 4.96. The molecule has 1 aliphatic heterocycles. The number of hydrogen-bond donors (Lipinski definition) is 1. The number of nitrogens with one attached hydrogen (secondary N) is 1. The average Bonchev–Trinajstić information content (AvgIpc) is 1.77. The van der Waals surface area contributed by atoms with Crippen molar-refractivity contribution in [1.82, 2.24) is 0 Å². The third-order valence-corrected chi connectivity index (χ3v) is 0.677. The molecule has 0 saturated heterocycles. The van der Waals surface area contributed by atoms with Crippen LogP contribution in [-0.2, 0) is 9.53 Å². The van der Waals surface area contributed by atoms with Gasteiger partial charge < -0.3 is 4.74 Å². The highest BCUT2D eigenvalue weighted by Gasteiger charge is 2.05. The van der Waals surface area contributed by atoms with Gasteiger partial charge in [0.1, 0.15) is 0 Å². The van der Waals surface area contributed by atoms with E-state index in [1.165, 1.54) is 0 Å². The molecule has 1 aliphatic rings. The lowest BCUT2D eigenvalue weighted by Gasteiger charge is -2.03. The van der Waals surface area contributed by atoms with Crippen molar-refractivity contribution in [2.24, 2.45) is 4.99 Å². The van der Waals surface area contributed by atoms with Gasteiger partial charge in [0.2, 0.25) is 5.90 Å². The quantitative estimate of drug-likeness (QED) is 0.463. The normalized spacial score (nSPS) is 18.5. The fourth-order valence-corrected chi connectivity index (χ4v) is 0.345. The largest absolute Gasteiger partial charge is 0.467 e. The molecule has 0 radical (unpaired) electrons. The van der Waals surface area contributed by atoms with Crippen LogP contribution in [0.3, 0.4) is 0 Å². The standard InChI is InChI=1S/C4H4N2O2/c5-3-1-6-4(7)2-8-3/h1,5H,2H2. The van der Waals surface area contributed by atoms with Crippen LogP contribution in [0.2, 0.25) is 0 Å². The minimum atomic E-state index is -0.332. The Morgan fingerprint density at radius 2 is 2.62 bits per heavy atom. The zero-order valence-electron chi connectivity index (χ0n) is 4.05. The summed E-state index contributed by atoms with van der Waals surface area (Å²) in [7, 11) is 0. The SMILES string of the molecule is N=C1C=NC(=O)CO1. The van der Waals surface area contributed by atoms with Crippen LogP contribution in [-0.4, -0.2) is 24.6 Å². The number of hydrogen-bond acceptors (Lipinski definition) is 3. The summed E-state index contributed by atoms with van der Waals surface area (Å²) in [6.07, 6.45) is 1.09. The Morgan fingerprint density at radius 1 is 1.88 bits per heavy atom. The lowest BCUT2D eigenvalue weighted by atomic mass is 10.6. The third kappa shape index (κ3) is 0.900. The molecule has 8 heavy (non-hydrogen) atoms. The van der Waals surface area contributed by atoms with Gasteiger partial charge >= 0.3 is 0 Å². The van der Waals surface area contributed by atoms with E-state index in [9.17, 15) is 4.79 Å². The zero-order chi connectivity index (χ0) is 5.98. The molecule has 0 bridgehead atoms. The Balaban J connectivity index is 2.68. The van der Waals surface area contributed by atoms with Crippen LogP contribution >= 0.6 is 0 Å². The molecule has 0 aromatic carbocycles. The Labute approximate surface area is 45.7 Å². The molecule has 0 fully saturated rings. The topological polar surface area (TPSA) is 62.5 Å². The molecule has 0 aromatic heterocycles. The van der Waals surface area contributed by atoms with E-state index in [0.29, 0.717) is 0 Å². The van der Waals surface area contributed by atoms with Gasteiger partial charge in [0, 0.05) is 0 Å². The maximum Gasteiger partial charge on any atom is 0.283 e. The van der Waals surface area contributed by atoms with Gasteiger partial charge in [-0.3, -0.25) is 10.2 Å². The highest BCUT2D eigenvalue weighted by atomic mass is 16.5. The fraction of sp³-hybridized carbons (Fsp3) is 0.250. The minimum Gasteiger partial charge on any atom is -0.467 e. The van der Waals surface area contributed by atoms with Crippen molar-refractivity contribution in [3.8, 4) is 0 Å². The second-order valence-electron chi connectivity index (χ2n) is 1.30. The van der Waals surface area contributed by atoms with Crippen molar-refractivity contribution >= 4 is 18.0 Å². The maximum atomic E-state index is 10.2. The summed E-state index contributed by atoms with van der Waals surface area (Å²) in [4.78, 5) is 13.5. The van der Waals surface area contributed by atoms with Crippen molar-refractivity contribution in [3.05, 3.63) is 0 Å². The Hall–Kier alpha value is -1.19. The number of aliphatic imine (C=N–C) groups is 1. The van der Waals surface area contributed by atoms with Crippen molar-refractivity contribution in [2.75, 3.05) is 6.61 Å². The van der Waals surface area contributed by atoms with Crippen LogP contribution in [0.5, 0.6) is 0 Å². The van der Waals surface area contributed by atoms with Crippen LogP contribution in [0.15, 0.2) is 4.99 Å². The molecule has 0 unspecified atom stereocenters. The van der Waals surface area contributed by atoms with Crippen LogP contribution in [0.4, 0.5) is 0 Å². The minimum absolute atomic E-state index is 0.0513. The van der Waals surface area contributed by atoms with Gasteiger partial charge in [-0.25, -0.2) is 4.99 Å². The fourth-order valence-electron chi connectivity index (χ4n) is 0.345. The second kappa shape index (κ2) is 1.73. The Kier molecular flexibility index (Phi) is 1.07. The molecule has 4 nitrogen and oxygen atoms in total. The van der Waals surface area contributed by atoms with Gasteiger partial charge in [-0.1, -0.05) is 0 Å². The molecular formula is C4H4N2O2. The van der Waals surface area contributed by atoms with E-state index in [0.717, 1.165) is 6.21 Å².